The molecule has 0 unspecified atom stereocenters. The van der Waals surface area contributed by atoms with Crippen LogP contribution in [0.2, 0.25) is 5.02 Å². The van der Waals surface area contributed by atoms with E-state index in [-0.39, 0.29) is 17.1 Å². The Labute approximate surface area is 168 Å². The fourth-order valence-corrected chi connectivity index (χ4v) is 3.79. The first kappa shape index (κ1) is 22.5. The summed E-state index contributed by atoms with van der Waals surface area (Å²) in [5.74, 6) is -1.26. The van der Waals surface area contributed by atoms with Crippen LogP contribution < -0.4 is 10.6 Å². The van der Waals surface area contributed by atoms with E-state index < -0.39 is 28.6 Å². The highest BCUT2D eigenvalue weighted by molar-refractivity contribution is 6.39. The van der Waals surface area contributed by atoms with E-state index in [2.05, 4.69) is 31.4 Å². The molecular formula is C20H26ClF3N2O2. The lowest BCUT2D eigenvalue weighted by Gasteiger charge is -2.39. The molecule has 0 aliphatic heterocycles. The van der Waals surface area contributed by atoms with Crippen LogP contribution in [0.1, 0.15) is 58.4 Å². The van der Waals surface area contributed by atoms with E-state index in [4.69, 9.17) is 11.6 Å². The molecule has 1 aromatic rings. The molecule has 1 fully saturated rings. The van der Waals surface area contributed by atoms with Gasteiger partial charge in [-0.3, -0.25) is 9.59 Å². The van der Waals surface area contributed by atoms with Gasteiger partial charge < -0.3 is 10.6 Å². The summed E-state index contributed by atoms with van der Waals surface area (Å²) in [6.07, 6.45) is -0.0548. The summed E-state index contributed by atoms with van der Waals surface area (Å²) in [4.78, 5) is 24.2. The third-order valence-corrected chi connectivity index (χ3v) is 6.14. The van der Waals surface area contributed by atoms with Gasteiger partial charge in [0.15, 0.2) is 0 Å². The molecule has 28 heavy (non-hydrogen) atoms. The maximum Gasteiger partial charge on any atom is 0.417 e. The SMILES string of the molecule is CCC(C)(C)C1CCC(NC(=O)C(=O)Nc2ccc(Cl)c(C(F)(F)F)c2)CC1. The zero-order valence-corrected chi connectivity index (χ0v) is 17.0. The van der Waals surface area contributed by atoms with Crippen molar-refractivity contribution in [2.75, 3.05) is 5.32 Å². The van der Waals surface area contributed by atoms with Crippen molar-refractivity contribution >= 4 is 29.1 Å². The van der Waals surface area contributed by atoms with Crippen molar-refractivity contribution in [3.05, 3.63) is 28.8 Å². The fraction of sp³-hybridized carbons (Fsp3) is 0.600. The molecule has 0 saturated heterocycles. The number of anilines is 1. The van der Waals surface area contributed by atoms with Gasteiger partial charge in [-0.1, -0.05) is 38.8 Å². The molecule has 2 amide bonds. The Morgan fingerprint density at radius 2 is 1.71 bits per heavy atom. The summed E-state index contributed by atoms with van der Waals surface area (Å²) >= 11 is 5.55. The zero-order chi connectivity index (χ0) is 21.1. The Hall–Kier alpha value is -1.76. The van der Waals surface area contributed by atoms with Crippen LogP contribution in [-0.4, -0.2) is 17.9 Å². The van der Waals surface area contributed by atoms with Gasteiger partial charge in [0, 0.05) is 11.7 Å². The summed E-state index contributed by atoms with van der Waals surface area (Å²) in [6, 6.07) is 2.87. The second kappa shape index (κ2) is 8.72. The lowest BCUT2D eigenvalue weighted by atomic mass is 9.69. The highest BCUT2D eigenvalue weighted by Crippen LogP contribution is 2.40. The highest BCUT2D eigenvalue weighted by Gasteiger charge is 2.34. The van der Waals surface area contributed by atoms with Crippen LogP contribution in [0.5, 0.6) is 0 Å². The standard InChI is InChI=1S/C20H26ClF3N2O2/c1-4-19(2,3)12-5-7-13(8-6-12)25-17(27)18(28)26-14-9-10-16(21)15(11-14)20(22,23)24/h9-13H,4-8H2,1-3H3,(H,25,27)(H,26,28). The monoisotopic (exact) mass is 418 g/mol. The minimum Gasteiger partial charge on any atom is -0.345 e. The Bertz CT molecular complexity index is 727. The fourth-order valence-electron chi connectivity index (χ4n) is 3.57. The number of carbonyl (C=O) groups is 2. The molecule has 4 nitrogen and oxygen atoms in total. The van der Waals surface area contributed by atoms with Gasteiger partial charge >= 0.3 is 18.0 Å². The quantitative estimate of drug-likeness (QED) is 0.642. The molecule has 1 saturated carbocycles. The van der Waals surface area contributed by atoms with E-state index >= 15 is 0 Å². The molecule has 0 atom stereocenters. The van der Waals surface area contributed by atoms with Crippen molar-refractivity contribution in [1.29, 1.82) is 0 Å². The molecule has 0 aromatic heterocycles. The molecule has 2 rings (SSSR count). The number of carbonyl (C=O) groups excluding carboxylic acids is 2. The average Bonchev–Trinajstić information content (AvgIpc) is 2.62. The molecule has 0 radical (unpaired) electrons. The first-order valence-electron chi connectivity index (χ1n) is 9.42. The van der Waals surface area contributed by atoms with Gasteiger partial charge in [0.2, 0.25) is 0 Å². The molecule has 0 spiro atoms. The Morgan fingerprint density at radius 3 is 2.25 bits per heavy atom. The summed E-state index contributed by atoms with van der Waals surface area (Å²) in [7, 11) is 0. The highest BCUT2D eigenvalue weighted by atomic mass is 35.5. The van der Waals surface area contributed by atoms with E-state index in [1.54, 1.807) is 0 Å². The van der Waals surface area contributed by atoms with Gasteiger partial charge in [-0.05, 0) is 55.2 Å². The molecule has 8 heteroatoms. The molecule has 2 N–H and O–H groups in total. The molecule has 1 aromatic carbocycles. The van der Waals surface area contributed by atoms with Gasteiger partial charge in [-0.15, -0.1) is 0 Å². The lowest BCUT2D eigenvalue weighted by Crippen LogP contribution is -2.44. The van der Waals surface area contributed by atoms with Crippen LogP contribution in [-0.2, 0) is 15.8 Å². The minimum atomic E-state index is -4.65. The van der Waals surface area contributed by atoms with Crippen LogP contribution >= 0.6 is 11.6 Å². The smallest absolute Gasteiger partial charge is 0.345 e. The third-order valence-electron chi connectivity index (χ3n) is 5.81. The van der Waals surface area contributed by atoms with Crippen molar-refractivity contribution < 1.29 is 22.8 Å². The van der Waals surface area contributed by atoms with Crippen molar-refractivity contribution in [1.82, 2.24) is 5.32 Å². The van der Waals surface area contributed by atoms with Crippen LogP contribution in [0.4, 0.5) is 18.9 Å². The summed E-state index contributed by atoms with van der Waals surface area (Å²) in [6.45, 7) is 6.65. The molecule has 0 bridgehead atoms. The van der Waals surface area contributed by atoms with Gasteiger partial charge in [-0.2, -0.15) is 13.2 Å². The molecule has 0 heterocycles. The van der Waals surface area contributed by atoms with E-state index in [1.165, 1.54) is 6.07 Å². The Kier molecular flexibility index (Phi) is 7.02. The topological polar surface area (TPSA) is 58.2 Å². The number of nitrogens with one attached hydrogen (secondary N) is 2. The third kappa shape index (κ3) is 5.63. The van der Waals surface area contributed by atoms with Crippen LogP contribution in [0.25, 0.3) is 0 Å². The average molecular weight is 419 g/mol. The predicted octanol–water partition coefficient (Wildman–Crippen LogP) is 5.41. The second-order valence-corrected chi connectivity index (χ2v) is 8.42. The lowest BCUT2D eigenvalue weighted by molar-refractivity contribution is -0.137. The van der Waals surface area contributed by atoms with Crippen LogP contribution in [0.3, 0.4) is 0 Å². The Balaban J connectivity index is 1.92. The number of hydrogen-bond acceptors (Lipinski definition) is 2. The first-order valence-corrected chi connectivity index (χ1v) is 9.80. The van der Waals surface area contributed by atoms with Crippen molar-refractivity contribution in [2.24, 2.45) is 11.3 Å². The first-order chi connectivity index (χ1) is 12.9. The van der Waals surface area contributed by atoms with E-state index in [0.717, 1.165) is 38.2 Å². The zero-order valence-electron chi connectivity index (χ0n) is 16.3. The number of amides is 2. The van der Waals surface area contributed by atoms with Crippen molar-refractivity contribution in [2.45, 2.75) is 65.1 Å². The largest absolute Gasteiger partial charge is 0.417 e. The number of halogens is 4. The molecule has 1 aliphatic carbocycles. The number of benzene rings is 1. The summed E-state index contributed by atoms with van der Waals surface area (Å²) in [5.41, 5.74) is -0.952. The van der Waals surface area contributed by atoms with Gasteiger partial charge in [-0.25, -0.2) is 0 Å². The number of hydrogen-bond donors (Lipinski definition) is 2. The minimum absolute atomic E-state index is 0.0990. The Morgan fingerprint density at radius 1 is 1.11 bits per heavy atom. The number of alkyl halides is 3. The van der Waals surface area contributed by atoms with Crippen LogP contribution in [0, 0.1) is 11.3 Å². The maximum absolute atomic E-state index is 12.9. The summed E-state index contributed by atoms with van der Waals surface area (Å²) < 4.78 is 38.7. The van der Waals surface area contributed by atoms with Gasteiger partial charge in [0.1, 0.15) is 0 Å². The van der Waals surface area contributed by atoms with E-state index in [1.807, 2.05) is 0 Å². The second-order valence-electron chi connectivity index (χ2n) is 8.01. The van der Waals surface area contributed by atoms with Gasteiger partial charge in [0.05, 0.1) is 10.6 Å². The number of rotatable bonds is 4. The van der Waals surface area contributed by atoms with Crippen molar-refractivity contribution in [3.8, 4) is 0 Å². The maximum atomic E-state index is 12.9. The normalized spacial score (nSPS) is 20.5. The van der Waals surface area contributed by atoms with Gasteiger partial charge in [0.25, 0.3) is 0 Å². The van der Waals surface area contributed by atoms with Crippen molar-refractivity contribution in [3.63, 3.8) is 0 Å². The predicted molar refractivity (Wildman–Crippen MR) is 103 cm³/mol. The van der Waals surface area contributed by atoms with E-state index in [9.17, 15) is 22.8 Å². The molecule has 156 valence electrons. The molecular weight excluding hydrogens is 393 g/mol. The summed E-state index contributed by atoms with van der Waals surface area (Å²) in [5, 5.41) is 4.42. The van der Waals surface area contributed by atoms with Crippen LogP contribution in [0.15, 0.2) is 18.2 Å². The van der Waals surface area contributed by atoms with E-state index in [0.29, 0.717) is 12.0 Å². The molecule has 1 aliphatic rings.